The third kappa shape index (κ3) is 4.87. The summed E-state index contributed by atoms with van der Waals surface area (Å²) in [7, 11) is 0. The van der Waals surface area contributed by atoms with Crippen LogP contribution >= 0.6 is 0 Å². The minimum atomic E-state index is -0.424. The number of piperazine rings is 1. The highest BCUT2D eigenvalue weighted by atomic mass is 19.1. The summed E-state index contributed by atoms with van der Waals surface area (Å²) in [5.74, 6) is -0.632. The Labute approximate surface area is 185 Å². The lowest BCUT2D eigenvalue weighted by Crippen LogP contribution is -2.50. The Kier molecular flexibility index (Phi) is 6.34. The van der Waals surface area contributed by atoms with Crippen molar-refractivity contribution in [2.75, 3.05) is 44.2 Å². The number of rotatable bonds is 6. The van der Waals surface area contributed by atoms with Crippen LogP contribution in [-0.2, 0) is 16.0 Å². The molecule has 168 valence electrons. The van der Waals surface area contributed by atoms with Crippen LogP contribution in [0.1, 0.15) is 12.0 Å². The van der Waals surface area contributed by atoms with E-state index in [4.69, 9.17) is 0 Å². The van der Waals surface area contributed by atoms with Gasteiger partial charge in [-0.3, -0.25) is 19.7 Å². The van der Waals surface area contributed by atoms with E-state index in [-0.39, 0.29) is 35.7 Å². The Morgan fingerprint density at radius 3 is 2.31 bits per heavy atom. The molecule has 9 heteroatoms. The van der Waals surface area contributed by atoms with Crippen molar-refractivity contribution in [1.82, 2.24) is 9.80 Å². The van der Waals surface area contributed by atoms with Gasteiger partial charge in [0.15, 0.2) is 0 Å². The minimum absolute atomic E-state index is 0.00554. The number of nitrogens with zero attached hydrogens (tertiary/aromatic N) is 4. The van der Waals surface area contributed by atoms with Gasteiger partial charge in [-0.1, -0.05) is 12.1 Å². The number of anilines is 1. The van der Waals surface area contributed by atoms with Crippen molar-refractivity contribution in [2.24, 2.45) is 5.92 Å². The van der Waals surface area contributed by atoms with E-state index in [0.29, 0.717) is 45.7 Å². The number of non-ortho nitro benzene ring substituents is 1. The predicted molar refractivity (Wildman–Crippen MR) is 117 cm³/mol. The first-order valence-electron chi connectivity index (χ1n) is 10.7. The van der Waals surface area contributed by atoms with Crippen LogP contribution in [0.2, 0.25) is 0 Å². The molecule has 0 spiro atoms. The van der Waals surface area contributed by atoms with Gasteiger partial charge in [0.25, 0.3) is 5.69 Å². The van der Waals surface area contributed by atoms with Crippen LogP contribution in [0.5, 0.6) is 0 Å². The number of nitro groups is 1. The fraction of sp³-hybridized carbons (Fsp3) is 0.391. The molecule has 0 aromatic heterocycles. The lowest BCUT2D eigenvalue weighted by molar-refractivity contribution is -0.384. The number of carbonyl (C=O) groups is 2. The van der Waals surface area contributed by atoms with Crippen molar-refractivity contribution < 1.29 is 18.9 Å². The maximum Gasteiger partial charge on any atom is 0.269 e. The number of halogens is 1. The molecule has 2 fully saturated rings. The summed E-state index contributed by atoms with van der Waals surface area (Å²) in [5.41, 5.74) is 1.90. The van der Waals surface area contributed by atoms with Crippen LogP contribution in [0.15, 0.2) is 48.5 Å². The molecule has 0 N–H and O–H groups in total. The van der Waals surface area contributed by atoms with Crippen molar-refractivity contribution in [3.63, 3.8) is 0 Å². The van der Waals surface area contributed by atoms with E-state index in [0.717, 1.165) is 11.3 Å². The van der Waals surface area contributed by atoms with Gasteiger partial charge in [-0.2, -0.15) is 0 Å². The largest absolute Gasteiger partial charge is 0.368 e. The van der Waals surface area contributed by atoms with Gasteiger partial charge < -0.3 is 14.7 Å². The highest BCUT2D eigenvalue weighted by Crippen LogP contribution is 2.24. The molecule has 2 aliphatic rings. The van der Waals surface area contributed by atoms with E-state index in [1.165, 1.54) is 24.3 Å². The minimum Gasteiger partial charge on any atom is -0.368 e. The molecule has 2 aromatic carbocycles. The number of carbonyl (C=O) groups excluding carboxylic acids is 2. The van der Waals surface area contributed by atoms with Crippen LogP contribution < -0.4 is 4.90 Å². The molecule has 2 saturated heterocycles. The number of hydrogen-bond acceptors (Lipinski definition) is 5. The summed E-state index contributed by atoms with van der Waals surface area (Å²) in [4.78, 5) is 41.4. The smallest absolute Gasteiger partial charge is 0.269 e. The zero-order valence-corrected chi connectivity index (χ0v) is 17.7. The van der Waals surface area contributed by atoms with E-state index in [1.807, 2.05) is 4.90 Å². The molecule has 2 aromatic rings. The average Bonchev–Trinajstić information content (AvgIpc) is 3.19. The monoisotopic (exact) mass is 440 g/mol. The van der Waals surface area contributed by atoms with Crippen LogP contribution in [0.25, 0.3) is 0 Å². The molecule has 0 bridgehead atoms. The molecule has 32 heavy (non-hydrogen) atoms. The van der Waals surface area contributed by atoms with Crippen molar-refractivity contribution in [3.05, 3.63) is 70.0 Å². The fourth-order valence-corrected chi connectivity index (χ4v) is 4.30. The van der Waals surface area contributed by atoms with Crippen LogP contribution in [0, 0.1) is 21.8 Å². The van der Waals surface area contributed by atoms with E-state index < -0.39 is 4.92 Å². The molecular formula is C23H25FN4O4. The van der Waals surface area contributed by atoms with Crippen LogP contribution in [0.3, 0.4) is 0 Å². The van der Waals surface area contributed by atoms with Gasteiger partial charge in [0.2, 0.25) is 11.8 Å². The first-order chi connectivity index (χ1) is 15.4. The Morgan fingerprint density at radius 2 is 1.69 bits per heavy atom. The van der Waals surface area contributed by atoms with Gasteiger partial charge in [0.05, 0.1) is 10.8 Å². The number of nitro benzene ring substituents is 1. The van der Waals surface area contributed by atoms with Gasteiger partial charge in [-0.15, -0.1) is 0 Å². The molecule has 2 amide bonds. The summed E-state index contributed by atoms with van der Waals surface area (Å²) in [5, 5.41) is 10.8. The highest BCUT2D eigenvalue weighted by molar-refractivity contribution is 5.89. The number of hydrogen-bond donors (Lipinski definition) is 0. The summed E-state index contributed by atoms with van der Waals surface area (Å²) < 4.78 is 13.0. The van der Waals surface area contributed by atoms with E-state index in [9.17, 15) is 24.1 Å². The average molecular weight is 440 g/mol. The second-order valence-electron chi connectivity index (χ2n) is 8.20. The van der Waals surface area contributed by atoms with Crippen molar-refractivity contribution in [3.8, 4) is 0 Å². The summed E-state index contributed by atoms with van der Waals surface area (Å²) in [6.07, 6.45) is 0.853. The third-order valence-electron chi connectivity index (χ3n) is 6.16. The molecular weight excluding hydrogens is 415 g/mol. The van der Waals surface area contributed by atoms with Crippen molar-refractivity contribution >= 4 is 23.2 Å². The van der Waals surface area contributed by atoms with Gasteiger partial charge in [0, 0.05) is 63.5 Å². The van der Waals surface area contributed by atoms with E-state index in [2.05, 4.69) is 4.90 Å². The zero-order valence-electron chi connectivity index (χ0n) is 17.7. The highest BCUT2D eigenvalue weighted by Gasteiger charge is 2.37. The van der Waals surface area contributed by atoms with Crippen molar-refractivity contribution in [1.29, 1.82) is 0 Å². The maximum absolute atomic E-state index is 13.0. The first-order valence-corrected chi connectivity index (χ1v) is 10.7. The molecule has 0 unspecified atom stereocenters. The lowest BCUT2D eigenvalue weighted by Gasteiger charge is -2.37. The number of likely N-dealkylation sites (tertiary alicyclic amines) is 1. The van der Waals surface area contributed by atoms with Gasteiger partial charge >= 0.3 is 0 Å². The van der Waals surface area contributed by atoms with Gasteiger partial charge in [0.1, 0.15) is 5.82 Å². The SMILES string of the molecule is O=C1C[C@H](C(=O)N2CCN(c3ccc([N+](=O)[O-])cc3)CC2)CN1CCc1ccc(F)cc1. The Morgan fingerprint density at radius 1 is 1.03 bits per heavy atom. The Hall–Kier alpha value is -3.49. The molecule has 1 atom stereocenters. The van der Waals surface area contributed by atoms with Gasteiger partial charge in [-0.05, 0) is 36.2 Å². The number of benzene rings is 2. The maximum atomic E-state index is 13.0. The number of amides is 2. The topological polar surface area (TPSA) is 87.0 Å². The normalized spacial score (nSPS) is 18.8. The third-order valence-corrected chi connectivity index (χ3v) is 6.16. The summed E-state index contributed by atoms with van der Waals surface area (Å²) in [6.45, 7) is 3.31. The first kappa shape index (κ1) is 21.7. The second-order valence-corrected chi connectivity index (χ2v) is 8.20. The van der Waals surface area contributed by atoms with Crippen LogP contribution in [-0.4, -0.2) is 65.8 Å². The van der Waals surface area contributed by atoms with E-state index in [1.54, 1.807) is 29.2 Å². The zero-order chi connectivity index (χ0) is 22.7. The van der Waals surface area contributed by atoms with Crippen LogP contribution in [0.4, 0.5) is 15.8 Å². The summed E-state index contributed by atoms with van der Waals surface area (Å²) in [6, 6.07) is 12.7. The molecule has 2 heterocycles. The standard InChI is InChI=1S/C23H25FN4O4/c24-19-3-1-17(2-4-19)9-10-27-16-18(15-22(27)29)23(30)26-13-11-25(12-14-26)20-5-7-21(8-6-20)28(31)32/h1-8,18H,9-16H2/t18-/m0/s1. The molecule has 4 rings (SSSR count). The van der Waals surface area contributed by atoms with Gasteiger partial charge in [-0.25, -0.2) is 4.39 Å². The Bertz CT molecular complexity index is 988. The quantitative estimate of drug-likeness (QED) is 0.509. The molecule has 8 nitrogen and oxygen atoms in total. The summed E-state index contributed by atoms with van der Waals surface area (Å²) >= 11 is 0. The lowest BCUT2D eigenvalue weighted by atomic mass is 10.1. The van der Waals surface area contributed by atoms with E-state index >= 15 is 0 Å². The molecule has 0 saturated carbocycles. The molecule has 2 aliphatic heterocycles. The Balaban J connectivity index is 1.27. The molecule has 0 radical (unpaired) electrons. The van der Waals surface area contributed by atoms with Crippen molar-refractivity contribution in [2.45, 2.75) is 12.8 Å². The predicted octanol–water partition coefficient (Wildman–Crippen LogP) is 2.47. The fourth-order valence-electron chi connectivity index (χ4n) is 4.30. The second kappa shape index (κ2) is 9.33. The molecule has 0 aliphatic carbocycles.